The maximum Gasteiger partial charge on any atom is 0.335 e. The fourth-order valence-electron chi connectivity index (χ4n) is 2.35. The number of carbonyl (C=O) groups is 2. The first-order chi connectivity index (χ1) is 12.5. The van der Waals surface area contributed by atoms with Crippen molar-refractivity contribution in [2.45, 2.75) is 0 Å². The van der Waals surface area contributed by atoms with E-state index in [1.54, 1.807) is 36.4 Å². The summed E-state index contributed by atoms with van der Waals surface area (Å²) in [6.07, 6.45) is 3.32. The molecule has 0 bridgehead atoms. The van der Waals surface area contributed by atoms with Crippen LogP contribution in [-0.4, -0.2) is 27.8 Å². The first-order valence-corrected chi connectivity index (χ1v) is 8.02. The van der Waals surface area contributed by atoms with E-state index in [1.807, 2.05) is 22.9 Å². The van der Waals surface area contributed by atoms with E-state index in [4.69, 9.17) is 16.7 Å². The second kappa shape index (κ2) is 7.67. The third-order valence-corrected chi connectivity index (χ3v) is 3.86. The van der Waals surface area contributed by atoms with Gasteiger partial charge in [0, 0.05) is 22.5 Å². The number of amides is 1. The number of benzene rings is 2. The van der Waals surface area contributed by atoms with Crippen molar-refractivity contribution in [3.05, 3.63) is 88.7 Å². The molecule has 0 atom stereocenters. The van der Waals surface area contributed by atoms with E-state index in [9.17, 15) is 9.59 Å². The van der Waals surface area contributed by atoms with E-state index in [0.29, 0.717) is 10.6 Å². The van der Waals surface area contributed by atoms with E-state index in [2.05, 4.69) is 10.5 Å². The second-order valence-electron chi connectivity index (χ2n) is 5.36. The highest BCUT2D eigenvalue weighted by Crippen LogP contribution is 2.13. The number of nitrogens with zero attached hydrogens (tertiary/aromatic N) is 2. The quantitative estimate of drug-likeness (QED) is 0.534. The van der Waals surface area contributed by atoms with Gasteiger partial charge in [-0.25, -0.2) is 10.2 Å². The Bertz CT molecular complexity index is 978. The largest absolute Gasteiger partial charge is 0.478 e. The van der Waals surface area contributed by atoms with Crippen LogP contribution >= 0.6 is 11.6 Å². The van der Waals surface area contributed by atoms with E-state index < -0.39 is 5.97 Å². The summed E-state index contributed by atoms with van der Waals surface area (Å²) in [6, 6.07) is 16.7. The fourth-order valence-corrected chi connectivity index (χ4v) is 2.54. The zero-order valence-electron chi connectivity index (χ0n) is 13.5. The molecule has 0 saturated heterocycles. The van der Waals surface area contributed by atoms with Crippen LogP contribution in [0, 0.1) is 0 Å². The van der Waals surface area contributed by atoms with Crippen molar-refractivity contribution in [1.82, 2.24) is 9.99 Å². The molecule has 0 unspecified atom stereocenters. The third-order valence-electron chi connectivity index (χ3n) is 3.62. The smallest absolute Gasteiger partial charge is 0.335 e. The van der Waals surface area contributed by atoms with Crippen molar-refractivity contribution in [3.63, 3.8) is 0 Å². The van der Waals surface area contributed by atoms with Crippen LogP contribution in [0.25, 0.3) is 5.69 Å². The molecule has 26 heavy (non-hydrogen) atoms. The van der Waals surface area contributed by atoms with Crippen molar-refractivity contribution in [2.24, 2.45) is 5.10 Å². The standard InChI is InChI=1S/C19H14ClN3O3/c20-15-4-1-3-14(11-15)18(24)22-21-12-17-5-2-10-23(17)16-8-6-13(7-9-16)19(25)26/h1-12H,(H,22,24)(H,25,26)/b21-12+. The van der Waals surface area contributed by atoms with Gasteiger partial charge in [0.05, 0.1) is 17.5 Å². The van der Waals surface area contributed by atoms with Gasteiger partial charge in [0.1, 0.15) is 0 Å². The monoisotopic (exact) mass is 367 g/mol. The van der Waals surface area contributed by atoms with Gasteiger partial charge in [-0.05, 0) is 54.6 Å². The van der Waals surface area contributed by atoms with Crippen LogP contribution in [0.5, 0.6) is 0 Å². The van der Waals surface area contributed by atoms with Crippen LogP contribution in [0.2, 0.25) is 5.02 Å². The number of hydrogen-bond donors (Lipinski definition) is 2. The first-order valence-electron chi connectivity index (χ1n) is 7.64. The zero-order valence-corrected chi connectivity index (χ0v) is 14.2. The van der Waals surface area contributed by atoms with Crippen molar-refractivity contribution >= 4 is 29.7 Å². The number of halogens is 1. The molecule has 0 spiro atoms. The van der Waals surface area contributed by atoms with Crippen LogP contribution < -0.4 is 5.43 Å². The van der Waals surface area contributed by atoms with E-state index in [1.165, 1.54) is 18.3 Å². The Morgan fingerprint density at radius 1 is 1.04 bits per heavy atom. The summed E-state index contributed by atoms with van der Waals surface area (Å²) in [5.74, 6) is -1.35. The van der Waals surface area contributed by atoms with Crippen LogP contribution in [0.3, 0.4) is 0 Å². The minimum Gasteiger partial charge on any atom is -0.478 e. The number of aromatic carboxylic acids is 1. The first kappa shape index (κ1) is 17.4. The molecule has 2 aromatic carbocycles. The van der Waals surface area contributed by atoms with Gasteiger partial charge in [0.25, 0.3) is 5.91 Å². The molecule has 1 aromatic heterocycles. The van der Waals surface area contributed by atoms with E-state index in [0.717, 1.165) is 11.4 Å². The summed E-state index contributed by atoms with van der Waals surface area (Å²) in [6.45, 7) is 0. The summed E-state index contributed by atoms with van der Waals surface area (Å²) >= 11 is 5.86. The molecule has 2 N–H and O–H groups in total. The third kappa shape index (κ3) is 3.99. The predicted octanol–water partition coefficient (Wildman–Crippen LogP) is 3.59. The summed E-state index contributed by atoms with van der Waals surface area (Å²) in [4.78, 5) is 23.0. The minimum absolute atomic E-state index is 0.213. The number of hydrogen-bond acceptors (Lipinski definition) is 3. The number of carboxylic acid groups (broad SMARTS) is 1. The van der Waals surface area contributed by atoms with Gasteiger partial charge in [-0.2, -0.15) is 5.10 Å². The number of nitrogens with one attached hydrogen (secondary N) is 1. The van der Waals surface area contributed by atoms with Crippen molar-refractivity contribution in [1.29, 1.82) is 0 Å². The fraction of sp³-hybridized carbons (Fsp3) is 0. The maximum absolute atomic E-state index is 12.0. The molecule has 0 saturated carbocycles. The maximum atomic E-state index is 12.0. The second-order valence-corrected chi connectivity index (χ2v) is 5.80. The number of rotatable bonds is 5. The van der Waals surface area contributed by atoms with Crippen molar-refractivity contribution < 1.29 is 14.7 Å². The van der Waals surface area contributed by atoms with Gasteiger partial charge < -0.3 is 9.67 Å². The van der Waals surface area contributed by atoms with E-state index in [-0.39, 0.29) is 11.5 Å². The average molecular weight is 368 g/mol. The minimum atomic E-state index is -0.977. The van der Waals surface area contributed by atoms with Gasteiger partial charge in [-0.1, -0.05) is 17.7 Å². The molecule has 3 aromatic rings. The Balaban J connectivity index is 1.73. The molecule has 1 heterocycles. The predicted molar refractivity (Wildman–Crippen MR) is 99.2 cm³/mol. The summed E-state index contributed by atoms with van der Waals surface area (Å²) in [5.41, 5.74) is 4.57. The normalized spacial score (nSPS) is 10.8. The molecule has 0 aliphatic rings. The van der Waals surface area contributed by atoms with Crippen LogP contribution in [0.15, 0.2) is 72.0 Å². The van der Waals surface area contributed by atoms with Crippen LogP contribution in [0.1, 0.15) is 26.4 Å². The Morgan fingerprint density at radius 3 is 2.50 bits per heavy atom. The lowest BCUT2D eigenvalue weighted by Gasteiger charge is -2.06. The SMILES string of the molecule is O=C(O)c1ccc(-n2cccc2/C=N/NC(=O)c2cccc(Cl)c2)cc1. The number of carbonyl (C=O) groups excluding carboxylic acids is 1. The molecule has 0 fully saturated rings. The Labute approximate surface area is 154 Å². The highest BCUT2D eigenvalue weighted by Gasteiger charge is 2.06. The summed E-state index contributed by atoms with van der Waals surface area (Å²) in [7, 11) is 0. The molecule has 0 radical (unpaired) electrons. The van der Waals surface area contributed by atoms with Gasteiger partial charge in [0.2, 0.25) is 0 Å². The topological polar surface area (TPSA) is 83.7 Å². The lowest BCUT2D eigenvalue weighted by Crippen LogP contribution is -2.17. The molecule has 1 amide bonds. The molecule has 7 heteroatoms. The molecule has 3 rings (SSSR count). The van der Waals surface area contributed by atoms with Crippen molar-refractivity contribution in [2.75, 3.05) is 0 Å². The van der Waals surface area contributed by atoms with Gasteiger partial charge in [-0.3, -0.25) is 4.79 Å². The molecule has 0 aliphatic carbocycles. The van der Waals surface area contributed by atoms with E-state index >= 15 is 0 Å². The average Bonchev–Trinajstić information content (AvgIpc) is 3.10. The van der Waals surface area contributed by atoms with Gasteiger partial charge >= 0.3 is 5.97 Å². The highest BCUT2D eigenvalue weighted by atomic mass is 35.5. The van der Waals surface area contributed by atoms with Gasteiger partial charge in [0.15, 0.2) is 0 Å². The lowest BCUT2D eigenvalue weighted by atomic mass is 10.2. The Morgan fingerprint density at radius 2 is 1.81 bits per heavy atom. The molecular weight excluding hydrogens is 354 g/mol. The molecular formula is C19H14ClN3O3. The summed E-state index contributed by atoms with van der Waals surface area (Å²) < 4.78 is 1.82. The molecule has 0 aliphatic heterocycles. The molecule has 130 valence electrons. The number of aromatic nitrogens is 1. The number of hydrazone groups is 1. The Kier molecular flexibility index (Phi) is 5.15. The van der Waals surface area contributed by atoms with Crippen molar-refractivity contribution in [3.8, 4) is 5.69 Å². The number of carboxylic acids is 1. The summed E-state index contributed by atoms with van der Waals surface area (Å²) in [5, 5.41) is 13.4. The lowest BCUT2D eigenvalue weighted by molar-refractivity contribution is 0.0696. The zero-order chi connectivity index (χ0) is 18.5. The highest BCUT2D eigenvalue weighted by molar-refractivity contribution is 6.30. The van der Waals surface area contributed by atoms with Crippen LogP contribution in [-0.2, 0) is 0 Å². The molecule has 6 nitrogen and oxygen atoms in total. The Hall–Kier alpha value is -3.38. The van der Waals surface area contributed by atoms with Crippen LogP contribution in [0.4, 0.5) is 0 Å². The van der Waals surface area contributed by atoms with Gasteiger partial charge in [-0.15, -0.1) is 0 Å².